The molecule has 0 amide bonds. The maximum absolute atomic E-state index is 11.2. The highest BCUT2D eigenvalue weighted by atomic mass is 16.4. The lowest BCUT2D eigenvalue weighted by atomic mass is 9.43. The largest absolute Gasteiger partial charge is 0.479 e. The molecule has 0 spiro atoms. The molecule has 0 radical (unpaired) electrons. The van der Waals surface area contributed by atoms with Gasteiger partial charge in [0.15, 0.2) is 6.10 Å². The summed E-state index contributed by atoms with van der Waals surface area (Å²) in [7, 11) is 0. The van der Waals surface area contributed by atoms with Crippen molar-refractivity contribution in [1.29, 1.82) is 0 Å². The molecule has 0 aromatic rings. The number of carboxylic acid groups (broad SMARTS) is 1. The van der Waals surface area contributed by atoms with Crippen LogP contribution in [0.25, 0.3) is 0 Å². The van der Waals surface area contributed by atoms with Gasteiger partial charge in [0, 0.05) is 0 Å². The molecule has 4 rings (SSSR count). The van der Waals surface area contributed by atoms with Gasteiger partial charge in [-0.1, -0.05) is 20.8 Å². The van der Waals surface area contributed by atoms with E-state index in [0.29, 0.717) is 36.0 Å². The third-order valence-corrected chi connectivity index (χ3v) is 10.3. The Morgan fingerprint density at radius 2 is 1.66 bits per heavy atom. The van der Waals surface area contributed by atoms with Crippen LogP contribution in [0.1, 0.15) is 78.6 Å². The number of rotatable bonds is 4. The highest BCUT2D eigenvalue weighted by Gasteiger charge is 2.62. The first kappa shape index (κ1) is 21.6. The van der Waals surface area contributed by atoms with Gasteiger partial charge in [0.2, 0.25) is 0 Å². The second-order valence-corrected chi connectivity index (χ2v) is 11.5. The molecule has 0 aromatic carbocycles. The fourth-order valence-electron chi connectivity index (χ4n) is 8.79. The third kappa shape index (κ3) is 3.36. The van der Waals surface area contributed by atoms with Crippen LogP contribution in [0, 0.1) is 46.3 Å². The first-order valence-corrected chi connectivity index (χ1v) is 11.8. The Bertz CT molecular complexity index is 637. The monoisotopic (exact) mass is 408 g/mol. The van der Waals surface area contributed by atoms with E-state index in [-0.39, 0.29) is 29.0 Å². The molecule has 4 aliphatic rings. The van der Waals surface area contributed by atoms with E-state index in [1.54, 1.807) is 0 Å². The van der Waals surface area contributed by atoms with Crippen LogP contribution in [0.4, 0.5) is 0 Å². The van der Waals surface area contributed by atoms with Gasteiger partial charge in [0.05, 0.1) is 12.2 Å². The maximum Gasteiger partial charge on any atom is 0.332 e. The van der Waals surface area contributed by atoms with E-state index in [2.05, 4.69) is 20.8 Å². The minimum absolute atomic E-state index is 0.122. The maximum atomic E-state index is 11.2. The summed E-state index contributed by atoms with van der Waals surface area (Å²) in [5, 5.41) is 40.5. The minimum Gasteiger partial charge on any atom is -0.479 e. The molecule has 5 heteroatoms. The first-order chi connectivity index (χ1) is 13.6. The molecule has 0 heterocycles. The van der Waals surface area contributed by atoms with E-state index in [9.17, 15) is 20.1 Å². The van der Waals surface area contributed by atoms with Crippen LogP contribution < -0.4 is 0 Å². The summed E-state index contributed by atoms with van der Waals surface area (Å²) >= 11 is 0. The lowest BCUT2D eigenvalue weighted by Gasteiger charge is -2.62. The molecule has 0 bridgehead atoms. The quantitative estimate of drug-likeness (QED) is 0.571. The molecule has 4 fully saturated rings. The van der Waals surface area contributed by atoms with Crippen molar-refractivity contribution >= 4 is 5.97 Å². The minimum atomic E-state index is -1.28. The number of aliphatic hydroxyl groups is 3. The second kappa shape index (κ2) is 7.49. The fourth-order valence-corrected chi connectivity index (χ4v) is 8.79. The Balaban J connectivity index is 1.56. The van der Waals surface area contributed by atoms with Gasteiger partial charge in [-0.3, -0.25) is 0 Å². The van der Waals surface area contributed by atoms with E-state index < -0.39 is 12.1 Å². The average molecular weight is 409 g/mol. The van der Waals surface area contributed by atoms with Gasteiger partial charge in [0.1, 0.15) is 0 Å². The summed E-state index contributed by atoms with van der Waals surface area (Å²) in [5.41, 5.74) is 0.352. The summed E-state index contributed by atoms with van der Waals surface area (Å²) < 4.78 is 0. The van der Waals surface area contributed by atoms with Crippen molar-refractivity contribution < 1.29 is 25.2 Å². The standard InChI is InChI=1S/C24H40O5/c1-13(10-20(27)22(28)29)16-4-5-17-21-18(7-9-24(16,17)3)23(2)8-6-15(25)11-14(23)12-19(21)26/h13-21,25-27H,4-12H2,1-3H3,(H,28,29)/t13-,14?,15-,16?,17?,18?,19-,20+,21?,23+,24-/m1/s1. The van der Waals surface area contributed by atoms with E-state index in [4.69, 9.17) is 5.11 Å². The Morgan fingerprint density at radius 3 is 2.34 bits per heavy atom. The van der Waals surface area contributed by atoms with Crippen molar-refractivity contribution in [2.45, 2.75) is 96.9 Å². The summed E-state index contributed by atoms with van der Waals surface area (Å²) in [6.45, 7) is 6.91. The first-order valence-electron chi connectivity index (χ1n) is 11.8. The number of hydrogen-bond donors (Lipinski definition) is 4. The summed E-state index contributed by atoms with van der Waals surface area (Å²) in [5.74, 6) is 1.22. The Morgan fingerprint density at radius 1 is 1.00 bits per heavy atom. The number of carboxylic acids is 1. The smallest absolute Gasteiger partial charge is 0.332 e. The molecule has 4 aliphatic carbocycles. The van der Waals surface area contributed by atoms with Gasteiger partial charge in [-0.05, 0) is 104 Å². The zero-order chi connectivity index (χ0) is 21.1. The lowest BCUT2D eigenvalue weighted by molar-refractivity contribution is -0.174. The van der Waals surface area contributed by atoms with E-state index in [1.807, 2.05) is 0 Å². The zero-order valence-electron chi connectivity index (χ0n) is 18.3. The summed E-state index contributed by atoms with van der Waals surface area (Å²) in [6.07, 6.45) is 6.60. The molecular formula is C24H40O5. The molecule has 166 valence electrons. The lowest BCUT2D eigenvalue weighted by Crippen LogP contribution is -2.58. The average Bonchev–Trinajstić information content (AvgIpc) is 3.00. The predicted octanol–water partition coefficient (Wildman–Crippen LogP) is 3.45. The second-order valence-electron chi connectivity index (χ2n) is 11.5. The number of aliphatic carboxylic acids is 1. The number of fused-ring (bicyclic) bond motifs is 5. The Hall–Kier alpha value is -0.650. The number of aliphatic hydroxyl groups excluding tert-OH is 3. The van der Waals surface area contributed by atoms with Gasteiger partial charge in [-0.25, -0.2) is 4.79 Å². The molecule has 11 atom stereocenters. The van der Waals surface area contributed by atoms with Crippen molar-refractivity contribution in [3.8, 4) is 0 Å². The van der Waals surface area contributed by atoms with Crippen molar-refractivity contribution in [2.24, 2.45) is 46.3 Å². The van der Waals surface area contributed by atoms with Crippen molar-refractivity contribution in [3.05, 3.63) is 0 Å². The fraction of sp³-hybridized carbons (Fsp3) is 0.958. The van der Waals surface area contributed by atoms with E-state index >= 15 is 0 Å². The molecule has 29 heavy (non-hydrogen) atoms. The molecule has 0 saturated heterocycles. The Labute approximate surface area is 174 Å². The zero-order valence-corrected chi connectivity index (χ0v) is 18.3. The highest BCUT2D eigenvalue weighted by molar-refractivity contribution is 5.71. The van der Waals surface area contributed by atoms with Gasteiger partial charge < -0.3 is 20.4 Å². The van der Waals surface area contributed by atoms with Gasteiger partial charge in [0.25, 0.3) is 0 Å². The van der Waals surface area contributed by atoms with E-state index in [0.717, 1.165) is 51.4 Å². The predicted molar refractivity (Wildman–Crippen MR) is 110 cm³/mol. The van der Waals surface area contributed by atoms with Gasteiger partial charge >= 0.3 is 5.97 Å². The van der Waals surface area contributed by atoms with Crippen LogP contribution in [0.2, 0.25) is 0 Å². The molecule has 5 unspecified atom stereocenters. The van der Waals surface area contributed by atoms with Crippen LogP contribution in [-0.2, 0) is 4.79 Å². The van der Waals surface area contributed by atoms with Crippen LogP contribution in [0.5, 0.6) is 0 Å². The van der Waals surface area contributed by atoms with Crippen molar-refractivity contribution in [2.75, 3.05) is 0 Å². The Kier molecular flexibility index (Phi) is 5.57. The van der Waals surface area contributed by atoms with Crippen LogP contribution in [0.15, 0.2) is 0 Å². The van der Waals surface area contributed by atoms with E-state index in [1.165, 1.54) is 0 Å². The van der Waals surface area contributed by atoms with Gasteiger partial charge in [-0.2, -0.15) is 0 Å². The number of hydrogen-bond acceptors (Lipinski definition) is 4. The normalized spacial score (nSPS) is 51.4. The van der Waals surface area contributed by atoms with Crippen molar-refractivity contribution in [1.82, 2.24) is 0 Å². The van der Waals surface area contributed by atoms with Gasteiger partial charge in [-0.15, -0.1) is 0 Å². The summed E-state index contributed by atoms with van der Waals surface area (Å²) in [6, 6.07) is 0. The topological polar surface area (TPSA) is 98.0 Å². The molecule has 5 nitrogen and oxygen atoms in total. The van der Waals surface area contributed by atoms with Crippen LogP contribution in [-0.4, -0.2) is 44.7 Å². The third-order valence-electron chi connectivity index (χ3n) is 10.3. The van der Waals surface area contributed by atoms with Crippen LogP contribution in [0.3, 0.4) is 0 Å². The molecule has 0 aliphatic heterocycles. The van der Waals surface area contributed by atoms with Crippen LogP contribution >= 0.6 is 0 Å². The number of carbonyl (C=O) groups is 1. The molecule has 4 N–H and O–H groups in total. The SMILES string of the molecule is C[C@H](C[C@H](O)C(=O)O)C1CCC2C3C(CC[C@@]21C)[C@@]1(C)CC[C@@H](O)CC1C[C@H]3O. The highest BCUT2D eigenvalue weighted by Crippen LogP contribution is 2.68. The van der Waals surface area contributed by atoms with Crippen molar-refractivity contribution in [3.63, 3.8) is 0 Å². The molecular weight excluding hydrogens is 368 g/mol. The summed E-state index contributed by atoms with van der Waals surface area (Å²) in [4.78, 5) is 11.1. The molecule has 4 saturated carbocycles. The molecule has 0 aromatic heterocycles.